The number of quaternary nitrogens is 1. The number of ether oxygens (including phenoxy) is 2. The van der Waals surface area contributed by atoms with Gasteiger partial charge in [0.25, 0.3) is 0 Å². The minimum Gasteiger partial charge on any atom is -0.493 e. The second kappa shape index (κ2) is 4.83. The van der Waals surface area contributed by atoms with Crippen molar-refractivity contribution < 1.29 is 20.3 Å². The van der Waals surface area contributed by atoms with Crippen LogP contribution in [0, 0.1) is 0 Å². The van der Waals surface area contributed by atoms with E-state index in [2.05, 4.69) is 5.73 Å². The molecule has 0 saturated heterocycles. The average molecular weight is 198 g/mol. The summed E-state index contributed by atoms with van der Waals surface area (Å²) in [5, 5.41) is 9.55. The van der Waals surface area contributed by atoms with Gasteiger partial charge in [-0.3, -0.25) is 0 Å². The van der Waals surface area contributed by atoms with E-state index < -0.39 is 6.10 Å². The zero-order valence-corrected chi connectivity index (χ0v) is 8.49. The van der Waals surface area contributed by atoms with Gasteiger partial charge in [-0.25, -0.2) is 0 Å². The molecular formula is C10H16NO3+. The van der Waals surface area contributed by atoms with Crippen LogP contribution in [0.5, 0.6) is 11.5 Å². The number of rotatable bonds is 4. The highest BCUT2D eigenvalue weighted by Crippen LogP contribution is 2.29. The summed E-state index contributed by atoms with van der Waals surface area (Å²) in [5.41, 5.74) is 4.43. The van der Waals surface area contributed by atoms with Gasteiger partial charge in [0.1, 0.15) is 12.6 Å². The third-order valence-electron chi connectivity index (χ3n) is 2.07. The molecule has 0 unspecified atom stereocenters. The molecule has 0 saturated carbocycles. The molecule has 0 amide bonds. The Kier molecular flexibility index (Phi) is 3.73. The Morgan fingerprint density at radius 3 is 2.43 bits per heavy atom. The van der Waals surface area contributed by atoms with Crippen LogP contribution in [0.3, 0.4) is 0 Å². The normalized spacial score (nSPS) is 12.3. The molecule has 0 aliphatic rings. The van der Waals surface area contributed by atoms with Gasteiger partial charge in [-0.2, -0.15) is 0 Å². The first kappa shape index (κ1) is 10.8. The van der Waals surface area contributed by atoms with Crippen LogP contribution >= 0.6 is 0 Å². The molecule has 0 fully saturated rings. The summed E-state index contributed by atoms with van der Waals surface area (Å²) in [5.74, 6) is 1.28. The van der Waals surface area contributed by atoms with Crippen LogP contribution in [0.2, 0.25) is 0 Å². The van der Waals surface area contributed by atoms with Crippen molar-refractivity contribution in [3.8, 4) is 11.5 Å². The van der Waals surface area contributed by atoms with E-state index in [4.69, 9.17) is 9.47 Å². The molecule has 1 aromatic carbocycles. The molecule has 0 radical (unpaired) electrons. The van der Waals surface area contributed by atoms with Gasteiger partial charge in [0, 0.05) is 0 Å². The first-order valence-electron chi connectivity index (χ1n) is 4.42. The van der Waals surface area contributed by atoms with E-state index in [1.54, 1.807) is 32.4 Å². The second-order valence-corrected chi connectivity index (χ2v) is 2.92. The molecule has 4 nitrogen and oxygen atoms in total. The number of benzene rings is 1. The largest absolute Gasteiger partial charge is 0.493 e. The number of aliphatic hydroxyl groups is 1. The highest BCUT2D eigenvalue weighted by Gasteiger charge is 2.10. The summed E-state index contributed by atoms with van der Waals surface area (Å²) < 4.78 is 10.2. The van der Waals surface area contributed by atoms with Crippen LogP contribution in [0.1, 0.15) is 11.7 Å². The fourth-order valence-electron chi connectivity index (χ4n) is 1.23. The van der Waals surface area contributed by atoms with Crippen LogP contribution in [0.15, 0.2) is 18.2 Å². The molecule has 0 aliphatic heterocycles. The van der Waals surface area contributed by atoms with Crippen LogP contribution in [-0.4, -0.2) is 25.9 Å². The van der Waals surface area contributed by atoms with Gasteiger partial charge < -0.3 is 20.3 Å². The average Bonchev–Trinajstić information content (AvgIpc) is 2.26. The summed E-state index contributed by atoms with van der Waals surface area (Å²) in [6, 6.07) is 5.33. The van der Waals surface area contributed by atoms with Gasteiger partial charge >= 0.3 is 0 Å². The van der Waals surface area contributed by atoms with Gasteiger partial charge in [-0.1, -0.05) is 6.07 Å². The van der Waals surface area contributed by atoms with Gasteiger partial charge in [0.15, 0.2) is 11.5 Å². The van der Waals surface area contributed by atoms with Gasteiger partial charge in [0.2, 0.25) is 0 Å². The standard InChI is InChI=1S/C10H15NO3/c1-13-9-4-3-7(8(12)6-11)5-10(9)14-2/h3-5,8,12H,6,11H2,1-2H3/p+1/t8-/m0/s1. The first-order valence-corrected chi connectivity index (χ1v) is 4.42. The molecular weight excluding hydrogens is 182 g/mol. The maximum Gasteiger partial charge on any atom is 0.161 e. The Labute approximate surface area is 83.3 Å². The minimum absolute atomic E-state index is 0.440. The lowest BCUT2D eigenvalue weighted by Gasteiger charge is -2.11. The van der Waals surface area contributed by atoms with Crippen molar-refractivity contribution in [3.05, 3.63) is 23.8 Å². The topological polar surface area (TPSA) is 66.3 Å². The minimum atomic E-state index is -0.546. The Hall–Kier alpha value is -1.26. The van der Waals surface area contributed by atoms with E-state index in [-0.39, 0.29) is 0 Å². The molecule has 1 aromatic rings. The molecule has 4 heteroatoms. The number of methoxy groups -OCH3 is 2. The van der Waals surface area contributed by atoms with Crippen LogP contribution in [-0.2, 0) is 0 Å². The van der Waals surface area contributed by atoms with E-state index in [1.165, 1.54) is 0 Å². The van der Waals surface area contributed by atoms with Crippen molar-refractivity contribution >= 4 is 0 Å². The first-order chi connectivity index (χ1) is 6.72. The molecule has 1 rings (SSSR count). The molecule has 0 heterocycles. The SMILES string of the molecule is COc1ccc([C@@H](O)C[NH3+])cc1OC. The lowest BCUT2D eigenvalue weighted by Crippen LogP contribution is -2.52. The maximum atomic E-state index is 9.55. The fraction of sp³-hybridized carbons (Fsp3) is 0.400. The Balaban J connectivity index is 3.01. The number of hydrogen-bond acceptors (Lipinski definition) is 3. The summed E-state index contributed by atoms with van der Waals surface area (Å²) in [6.45, 7) is 0.440. The van der Waals surface area contributed by atoms with E-state index in [1.807, 2.05) is 0 Å². The number of hydrogen-bond donors (Lipinski definition) is 2. The van der Waals surface area contributed by atoms with Crippen molar-refractivity contribution in [1.82, 2.24) is 0 Å². The summed E-state index contributed by atoms with van der Waals surface area (Å²) in [7, 11) is 3.15. The van der Waals surface area contributed by atoms with Crippen molar-refractivity contribution in [2.75, 3.05) is 20.8 Å². The maximum absolute atomic E-state index is 9.55. The van der Waals surface area contributed by atoms with Crippen LogP contribution in [0.25, 0.3) is 0 Å². The van der Waals surface area contributed by atoms with Gasteiger partial charge in [-0.15, -0.1) is 0 Å². The fourth-order valence-corrected chi connectivity index (χ4v) is 1.23. The molecule has 0 spiro atoms. The summed E-state index contributed by atoms with van der Waals surface area (Å²) in [4.78, 5) is 0. The van der Waals surface area contributed by atoms with E-state index in [0.29, 0.717) is 18.0 Å². The van der Waals surface area contributed by atoms with Crippen molar-refractivity contribution in [2.24, 2.45) is 0 Å². The smallest absolute Gasteiger partial charge is 0.161 e. The lowest BCUT2D eigenvalue weighted by molar-refractivity contribution is -0.385. The van der Waals surface area contributed by atoms with Gasteiger partial charge in [0.05, 0.1) is 14.2 Å². The summed E-state index contributed by atoms with van der Waals surface area (Å²) >= 11 is 0. The quantitative estimate of drug-likeness (QED) is 0.714. The number of aliphatic hydroxyl groups excluding tert-OH is 1. The Morgan fingerprint density at radius 1 is 1.29 bits per heavy atom. The monoisotopic (exact) mass is 198 g/mol. The predicted octanol–water partition coefficient (Wildman–Crippen LogP) is -0.0209. The van der Waals surface area contributed by atoms with E-state index in [9.17, 15) is 5.11 Å². The molecule has 0 bridgehead atoms. The third kappa shape index (κ3) is 2.16. The molecule has 78 valence electrons. The van der Waals surface area contributed by atoms with Crippen molar-refractivity contribution in [1.29, 1.82) is 0 Å². The lowest BCUT2D eigenvalue weighted by atomic mass is 10.1. The highest BCUT2D eigenvalue weighted by atomic mass is 16.5. The molecule has 4 N–H and O–H groups in total. The van der Waals surface area contributed by atoms with Crippen molar-refractivity contribution in [2.45, 2.75) is 6.10 Å². The third-order valence-corrected chi connectivity index (χ3v) is 2.07. The molecule has 1 atom stereocenters. The highest BCUT2D eigenvalue weighted by molar-refractivity contribution is 5.43. The molecule has 0 aromatic heterocycles. The molecule has 0 aliphatic carbocycles. The van der Waals surface area contributed by atoms with Gasteiger partial charge in [-0.05, 0) is 17.7 Å². The zero-order valence-electron chi connectivity index (χ0n) is 8.49. The second-order valence-electron chi connectivity index (χ2n) is 2.92. The van der Waals surface area contributed by atoms with E-state index >= 15 is 0 Å². The molecule has 14 heavy (non-hydrogen) atoms. The van der Waals surface area contributed by atoms with Crippen LogP contribution < -0.4 is 15.2 Å². The Bertz CT molecular complexity index is 301. The Morgan fingerprint density at radius 2 is 1.93 bits per heavy atom. The predicted molar refractivity (Wildman–Crippen MR) is 52.3 cm³/mol. The summed E-state index contributed by atoms with van der Waals surface area (Å²) in [6.07, 6.45) is -0.546. The van der Waals surface area contributed by atoms with E-state index in [0.717, 1.165) is 5.56 Å². The van der Waals surface area contributed by atoms with Crippen molar-refractivity contribution in [3.63, 3.8) is 0 Å². The van der Waals surface area contributed by atoms with Crippen LogP contribution in [0.4, 0.5) is 0 Å². The zero-order chi connectivity index (χ0) is 10.6.